The summed E-state index contributed by atoms with van der Waals surface area (Å²) in [5.74, 6) is -0.678. The van der Waals surface area contributed by atoms with Gasteiger partial charge in [0.2, 0.25) is 0 Å². The summed E-state index contributed by atoms with van der Waals surface area (Å²) >= 11 is 0. The second-order valence-electron chi connectivity index (χ2n) is 3.23. The van der Waals surface area contributed by atoms with Gasteiger partial charge in [0.25, 0.3) is 0 Å². The van der Waals surface area contributed by atoms with Gasteiger partial charge >= 0.3 is 5.97 Å². The molecule has 0 unspecified atom stereocenters. The molecule has 0 aromatic heterocycles. The van der Waals surface area contributed by atoms with E-state index in [9.17, 15) is 4.79 Å². The third-order valence-corrected chi connectivity index (χ3v) is 2.26. The van der Waals surface area contributed by atoms with Gasteiger partial charge in [0.15, 0.2) is 0 Å². The predicted molar refractivity (Wildman–Crippen MR) is 53.9 cm³/mol. The standard InChI is InChI=1S/C10H21NO2/c1-3-11(4-2)9-7-5-6-8-10(12)13/h3-9H2,1-2H3,(H,12,13). The van der Waals surface area contributed by atoms with Crippen LogP contribution in [0.2, 0.25) is 0 Å². The third kappa shape index (κ3) is 7.78. The number of unbranched alkanes of at least 4 members (excludes halogenated alkanes) is 2. The van der Waals surface area contributed by atoms with Crippen LogP contribution in [0.3, 0.4) is 0 Å². The van der Waals surface area contributed by atoms with Crippen LogP contribution in [0.1, 0.15) is 39.5 Å². The molecule has 0 heterocycles. The molecule has 0 rings (SSSR count). The maximum absolute atomic E-state index is 10.2. The highest BCUT2D eigenvalue weighted by atomic mass is 16.4. The fraction of sp³-hybridized carbons (Fsp3) is 0.900. The Morgan fingerprint density at radius 3 is 2.23 bits per heavy atom. The highest BCUT2D eigenvalue weighted by molar-refractivity contribution is 5.66. The van der Waals surface area contributed by atoms with E-state index in [-0.39, 0.29) is 0 Å². The number of carbonyl (C=O) groups is 1. The molecule has 0 aliphatic heterocycles. The van der Waals surface area contributed by atoms with E-state index in [1.807, 2.05) is 0 Å². The van der Waals surface area contributed by atoms with Crippen molar-refractivity contribution in [1.29, 1.82) is 0 Å². The molecule has 1 N–H and O–H groups in total. The molecule has 0 atom stereocenters. The highest BCUT2D eigenvalue weighted by Crippen LogP contribution is 2.01. The molecule has 3 nitrogen and oxygen atoms in total. The molecule has 78 valence electrons. The molecule has 0 bridgehead atoms. The quantitative estimate of drug-likeness (QED) is 0.591. The normalized spacial score (nSPS) is 10.7. The molecule has 0 aliphatic rings. The van der Waals surface area contributed by atoms with Crippen molar-refractivity contribution >= 4 is 5.97 Å². The zero-order chi connectivity index (χ0) is 10.1. The van der Waals surface area contributed by atoms with E-state index in [0.717, 1.165) is 38.9 Å². The van der Waals surface area contributed by atoms with Gasteiger partial charge in [-0.3, -0.25) is 4.79 Å². The average Bonchev–Trinajstić information content (AvgIpc) is 2.11. The van der Waals surface area contributed by atoms with Gasteiger partial charge < -0.3 is 10.0 Å². The van der Waals surface area contributed by atoms with Crippen LogP contribution in [0, 0.1) is 0 Å². The molecule has 0 fully saturated rings. The zero-order valence-electron chi connectivity index (χ0n) is 8.75. The maximum atomic E-state index is 10.2. The molecule has 0 aliphatic carbocycles. The van der Waals surface area contributed by atoms with Crippen LogP contribution < -0.4 is 0 Å². The first-order valence-corrected chi connectivity index (χ1v) is 5.14. The smallest absolute Gasteiger partial charge is 0.303 e. The van der Waals surface area contributed by atoms with Crippen molar-refractivity contribution in [1.82, 2.24) is 4.90 Å². The van der Waals surface area contributed by atoms with Crippen molar-refractivity contribution in [3.8, 4) is 0 Å². The number of carboxylic acid groups (broad SMARTS) is 1. The summed E-state index contributed by atoms with van der Waals surface area (Å²) in [7, 11) is 0. The van der Waals surface area contributed by atoms with Gasteiger partial charge in [0.05, 0.1) is 0 Å². The Morgan fingerprint density at radius 2 is 1.77 bits per heavy atom. The summed E-state index contributed by atoms with van der Waals surface area (Å²) in [5.41, 5.74) is 0. The van der Waals surface area contributed by atoms with E-state index >= 15 is 0 Å². The van der Waals surface area contributed by atoms with E-state index in [2.05, 4.69) is 18.7 Å². The molecule has 0 aromatic rings. The lowest BCUT2D eigenvalue weighted by Crippen LogP contribution is -2.23. The van der Waals surface area contributed by atoms with Crippen molar-refractivity contribution in [2.24, 2.45) is 0 Å². The van der Waals surface area contributed by atoms with Crippen LogP contribution in [-0.2, 0) is 4.79 Å². The summed E-state index contributed by atoms with van der Waals surface area (Å²) < 4.78 is 0. The SMILES string of the molecule is CCN(CC)CCCCCC(=O)O. The Balaban J connectivity index is 3.19. The molecule has 13 heavy (non-hydrogen) atoms. The van der Waals surface area contributed by atoms with Gasteiger partial charge in [0, 0.05) is 6.42 Å². The Kier molecular flexibility index (Phi) is 7.69. The first kappa shape index (κ1) is 12.4. The molecule has 0 radical (unpaired) electrons. The van der Waals surface area contributed by atoms with Crippen LogP contribution in [0.5, 0.6) is 0 Å². The topological polar surface area (TPSA) is 40.5 Å². The van der Waals surface area contributed by atoms with E-state index in [4.69, 9.17) is 5.11 Å². The maximum Gasteiger partial charge on any atom is 0.303 e. The van der Waals surface area contributed by atoms with Crippen LogP contribution in [0.25, 0.3) is 0 Å². The Labute approximate surface area is 80.7 Å². The van der Waals surface area contributed by atoms with Crippen LogP contribution in [0.15, 0.2) is 0 Å². The van der Waals surface area contributed by atoms with Gasteiger partial charge in [-0.2, -0.15) is 0 Å². The summed E-state index contributed by atoms with van der Waals surface area (Å²) in [5, 5.41) is 8.40. The minimum atomic E-state index is -0.678. The largest absolute Gasteiger partial charge is 0.481 e. The molecule has 0 spiro atoms. The lowest BCUT2D eigenvalue weighted by Gasteiger charge is -2.17. The summed E-state index contributed by atoms with van der Waals surface area (Å²) in [6, 6.07) is 0. The monoisotopic (exact) mass is 187 g/mol. The Bertz CT molecular complexity index is 133. The van der Waals surface area contributed by atoms with Gasteiger partial charge in [-0.15, -0.1) is 0 Å². The number of hydrogen-bond acceptors (Lipinski definition) is 2. The fourth-order valence-electron chi connectivity index (χ4n) is 1.33. The first-order chi connectivity index (χ1) is 6.20. The van der Waals surface area contributed by atoms with Crippen molar-refractivity contribution in [2.45, 2.75) is 39.5 Å². The van der Waals surface area contributed by atoms with E-state index in [1.54, 1.807) is 0 Å². The van der Waals surface area contributed by atoms with Crippen molar-refractivity contribution in [3.63, 3.8) is 0 Å². The lowest BCUT2D eigenvalue weighted by atomic mass is 10.2. The fourth-order valence-corrected chi connectivity index (χ4v) is 1.33. The van der Waals surface area contributed by atoms with Gasteiger partial charge in [-0.1, -0.05) is 20.3 Å². The molecule has 0 saturated carbocycles. The zero-order valence-corrected chi connectivity index (χ0v) is 8.75. The van der Waals surface area contributed by atoms with Gasteiger partial charge in [-0.05, 0) is 32.5 Å². The molecule has 0 amide bonds. The lowest BCUT2D eigenvalue weighted by molar-refractivity contribution is -0.137. The van der Waals surface area contributed by atoms with Gasteiger partial charge in [-0.25, -0.2) is 0 Å². The molecule has 0 aromatic carbocycles. The highest BCUT2D eigenvalue weighted by Gasteiger charge is 1.99. The number of carboxylic acids is 1. The van der Waals surface area contributed by atoms with Crippen LogP contribution >= 0.6 is 0 Å². The van der Waals surface area contributed by atoms with Gasteiger partial charge in [0.1, 0.15) is 0 Å². The van der Waals surface area contributed by atoms with E-state index < -0.39 is 5.97 Å². The molecular formula is C10H21NO2. The summed E-state index contributed by atoms with van der Waals surface area (Å²) in [6.07, 6.45) is 3.28. The number of hydrogen-bond donors (Lipinski definition) is 1. The molecular weight excluding hydrogens is 166 g/mol. The Hall–Kier alpha value is -0.570. The van der Waals surface area contributed by atoms with Crippen LogP contribution in [-0.4, -0.2) is 35.6 Å². The van der Waals surface area contributed by atoms with Crippen molar-refractivity contribution < 1.29 is 9.90 Å². The van der Waals surface area contributed by atoms with Crippen molar-refractivity contribution in [3.05, 3.63) is 0 Å². The number of rotatable bonds is 8. The predicted octanol–water partition coefficient (Wildman–Crippen LogP) is 1.97. The summed E-state index contributed by atoms with van der Waals surface area (Å²) in [6.45, 7) is 7.60. The van der Waals surface area contributed by atoms with E-state index in [1.165, 1.54) is 0 Å². The first-order valence-electron chi connectivity index (χ1n) is 5.14. The van der Waals surface area contributed by atoms with E-state index in [0.29, 0.717) is 6.42 Å². The summed E-state index contributed by atoms with van der Waals surface area (Å²) in [4.78, 5) is 12.6. The molecule has 0 saturated heterocycles. The Morgan fingerprint density at radius 1 is 1.15 bits per heavy atom. The minimum Gasteiger partial charge on any atom is -0.481 e. The average molecular weight is 187 g/mol. The number of nitrogens with zero attached hydrogens (tertiary/aromatic N) is 1. The van der Waals surface area contributed by atoms with Crippen molar-refractivity contribution in [2.75, 3.05) is 19.6 Å². The third-order valence-electron chi connectivity index (χ3n) is 2.26. The number of aliphatic carboxylic acids is 1. The van der Waals surface area contributed by atoms with Crippen LogP contribution in [0.4, 0.5) is 0 Å². The molecule has 3 heteroatoms. The second kappa shape index (κ2) is 8.05. The minimum absolute atomic E-state index is 0.318. The second-order valence-corrected chi connectivity index (χ2v) is 3.23.